The van der Waals surface area contributed by atoms with E-state index in [9.17, 15) is 4.79 Å². The Kier molecular flexibility index (Phi) is 6.01. The van der Waals surface area contributed by atoms with Crippen LogP contribution in [0.4, 0.5) is 0 Å². The lowest BCUT2D eigenvalue weighted by Gasteiger charge is -2.24. The number of nitrogens with one attached hydrogen (secondary N) is 1. The third-order valence-electron chi connectivity index (χ3n) is 4.96. The minimum atomic E-state index is 0.00870. The third-order valence-corrected chi connectivity index (χ3v) is 4.96. The molecular formula is C22H28N2O3. The van der Waals surface area contributed by atoms with E-state index in [0.717, 1.165) is 34.6 Å². The van der Waals surface area contributed by atoms with Crippen molar-refractivity contribution >= 4 is 5.91 Å². The Morgan fingerprint density at radius 2 is 2.04 bits per heavy atom. The first-order chi connectivity index (χ1) is 13.0. The Bertz CT molecular complexity index is 790. The van der Waals surface area contributed by atoms with E-state index in [1.54, 1.807) is 7.11 Å². The Balaban J connectivity index is 1.66. The number of fused-ring (bicyclic) bond motifs is 1. The van der Waals surface area contributed by atoms with E-state index < -0.39 is 0 Å². The van der Waals surface area contributed by atoms with Gasteiger partial charge in [-0.15, -0.1) is 0 Å². The predicted octanol–water partition coefficient (Wildman–Crippen LogP) is 3.33. The molecule has 0 aliphatic carbocycles. The molecule has 144 valence electrons. The monoisotopic (exact) mass is 368 g/mol. The van der Waals surface area contributed by atoms with E-state index in [4.69, 9.17) is 9.47 Å². The standard InChI is InChI=1S/C22H28N2O3/c1-15-10-17-11-20(26-4)18(12-21(17)27-15)14-23-22(25)13-19(24(2)3)16-8-6-5-7-9-16/h5-9,11-12,15,19H,10,13-14H2,1-4H3,(H,23,25)/t15-,19+/m0/s1. The summed E-state index contributed by atoms with van der Waals surface area (Å²) in [7, 11) is 5.64. The highest BCUT2D eigenvalue weighted by molar-refractivity contribution is 5.77. The number of benzene rings is 2. The number of amides is 1. The summed E-state index contributed by atoms with van der Waals surface area (Å²) in [5, 5.41) is 3.03. The number of methoxy groups -OCH3 is 1. The van der Waals surface area contributed by atoms with E-state index in [1.807, 2.05) is 44.4 Å². The van der Waals surface area contributed by atoms with E-state index in [0.29, 0.717) is 13.0 Å². The molecule has 5 nitrogen and oxygen atoms in total. The molecule has 27 heavy (non-hydrogen) atoms. The van der Waals surface area contributed by atoms with Crippen LogP contribution >= 0.6 is 0 Å². The molecule has 2 aromatic carbocycles. The van der Waals surface area contributed by atoms with Gasteiger partial charge in [0, 0.05) is 36.6 Å². The first-order valence-corrected chi connectivity index (χ1v) is 9.32. The molecule has 1 amide bonds. The van der Waals surface area contributed by atoms with E-state index in [2.05, 4.69) is 29.3 Å². The summed E-state index contributed by atoms with van der Waals surface area (Å²) in [5.74, 6) is 1.69. The minimum Gasteiger partial charge on any atom is -0.496 e. The molecule has 0 fully saturated rings. The van der Waals surface area contributed by atoms with Gasteiger partial charge in [0.25, 0.3) is 0 Å². The van der Waals surface area contributed by atoms with Crippen LogP contribution in [0.1, 0.15) is 36.1 Å². The average Bonchev–Trinajstić information content (AvgIpc) is 3.02. The zero-order chi connectivity index (χ0) is 19.4. The maximum absolute atomic E-state index is 12.6. The van der Waals surface area contributed by atoms with Crippen LogP contribution in [0.2, 0.25) is 0 Å². The summed E-state index contributed by atoms with van der Waals surface area (Å²) < 4.78 is 11.3. The lowest BCUT2D eigenvalue weighted by atomic mass is 10.0. The smallest absolute Gasteiger partial charge is 0.222 e. The van der Waals surface area contributed by atoms with Gasteiger partial charge in [-0.25, -0.2) is 0 Å². The largest absolute Gasteiger partial charge is 0.496 e. The van der Waals surface area contributed by atoms with Gasteiger partial charge >= 0.3 is 0 Å². The molecule has 1 aliphatic heterocycles. The van der Waals surface area contributed by atoms with Crippen molar-refractivity contribution in [2.75, 3.05) is 21.2 Å². The van der Waals surface area contributed by atoms with Crippen molar-refractivity contribution in [1.29, 1.82) is 0 Å². The highest BCUT2D eigenvalue weighted by Gasteiger charge is 2.22. The topological polar surface area (TPSA) is 50.8 Å². The molecule has 2 atom stereocenters. The van der Waals surface area contributed by atoms with Crippen LogP contribution in [0.15, 0.2) is 42.5 Å². The lowest BCUT2D eigenvalue weighted by molar-refractivity contribution is -0.122. The molecule has 2 aromatic rings. The Labute approximate surface area is 161 Å². The Morgan fingerprint density at radius 1 is 1.30 bits per heavy atom. The predicted molar refractivity (Wildman–Crippen MR) is 106 cm³/mol. The number of hydrogen-bond donors (Lipinski definition) is 1. The zero-order valence-corrected chi connectivity index (χ0v) is 16.5. The fourth-order valence-corrected chi connectivity index (χ4v) is 3.52. The summed E-state index contributed by atoms with van der Waals surface area (Å²) in [5.41, 5.74) is 3.22. The SMILES string of the molecule is COc1cc2c(cc1CNC(=O)C[C@H](c1ccccc1)N(C)C)O[C@@H](C)C2. The van der Waals surface area contributed by atoms with Crippen molar-refractivity contribution in [3.05, 3.63) is 59.2 Å². The zero-order valence-electron chi connectivity index (χ0n) is 16.5. The first kappa shape index (κ1) is 19.2. The Morgan fingerprint density at radius 3 is 2.70 bits per heavy atom. The quantitative estimate of drug-likeness (QED) is 0.814. The fourth-order valence-electron chi connectivity index (χ4n) is 3.52. The van der Waals surface area contributed by atoms with E-state index >= 15 is 0 Å². The van der Waals surface area contributed by atoms with Gasteiger partial charge in [0.1, 0.15) is 17.6 Å². The van der Waals surface area contributed by atoms with Gasteiger partial charge in [-0.1, -0.05) is 30.3 Å². The normalized spacial score (nSPS) is 16.6. The molecule has 0 radical (unpaired) electrons. The van der Waals surface area contributed by atoms with Gasteiger partial charge in [-0.2, -0.15) is 0 Å². The summed E-state index contributed by atoms with van der Waals surface area (Å²) in [6.45, 7) is 2.47. The number of carbonyl (C=O) groups excluding carboxylic acids is 1. The van der Waals surface area contributed by atoms with Gasteiger partial charge in [-0.3, -0.25) is 4.79 Å². The van der Waals surface area contributed by atoms with Gasteiger partial charge in [-0.05, 0) is 38.7 Å². The summed E-state index contributed by atoms with van der Waals surface area (Å²) >= 11 is 0. The van der Waals surface area contributed by atoms with Crippen LogP contribution in [-0.2, 0) is 17.8 Å². The average molecular weight is 368 g/mol. The highest BCUT2D eigenvalue weighted by atomic mass is 16.5. The number of carbonyl (C=O) groups is 1. The van der Waals surface area contributed by atoms with E-state index in [-0.39, 0.29) is 18.1 Å². The van der Waals surface area contributed by atoms with Crippen LogP contribution in [0.5, 0.6) is 11.5 Å². The maximum Gasteiger partial charge on any atom is 0.222 e. The van der Waals surface area contributed by atoms with Crippen molar-refractivity contribution in [2.45, 2.75) is 38.5 Å². The van der Waals surface area contributed by atoms with Crippen molar-refractivity contribution in [1.82, 2.24) is 10.2 Å². The molecule has 0 saturated carbocycles. The summed E-state index contributed by atoms with van der Waals surface area (Å²) in [6.07, 6.45) is 1.47. The van der Waals surface area contributed by atoms with Crippen LogP contribution in [-0.4, -0.2) is 38.1 Å². The minimum absolute atomic E-state index is 0.00870. The van der Waals surface area contributed by atoms with Crippen LogP contribution in [0.25, 0.3) is 0 Å². The molecule has 0 saturated heterocycles. The molecule has 0 spiro atoms. The van der Waals surface area contributed by atoms with Crippen molar-refractivity contribution in [3.63, 3.8) is 0 Å². The van der Waals surface area contributed by atoms with Crippen molar-refractivity contribution < 1.29 is 14.3 Å². The second kappa shape index (κ2) is 8.44. The maximum atomic E-state index is 12.6. The molecule has 1 heterocycles. The second-order valence-corrected chi connectivity index (χ2v) is 7.28. The summed E-state index contributed by atoms with van der Waals surface area (Å²) in [4.78, 5) is 14.6. The van der Waals surface area contributed by atoms with Crippen molar-refractivity contribution in [2.24, 2.45) is 0 Å². The molecule has 1 N–H and O–H groups in total. The van der Waals surface area contributed by atoms with Gasteiger partial charge < -0.3 is 19.7 Å². The molecule has 0 aromatic heterocycles. The Hall–Kier alpha value is -2.53. The van der Waals surface area contributed by atoms with Crippen LogP contribution < -0.4 is 14.8 Å². The van der Waals surface area contributed by atoms with Crippen LogP contribution in [0.3, 0.4) is 0 Å². The van der Waals surface area contributed by atoms with Crippen molar-refractivity contribution in [3.8, 4) is 11.5 Å². The highest BCUT2D eigenvalue weighted by Crippen LogP contribution is 2.35. The lowest BCUT2D eigenvalue weighted by Crippen LogP contribution is -2.29. The molecule has 0 bridgehead atoms. The van der Waals surface area contributed by atoms with Gasteiger partial charge in [0.2, 0.25) is 5.91 Å². The number of hydrogen-bond acceptors (Lipinski definition) is 4. The molecule has 5 heteroatoms. The second-order valence-electron chi connectivity index (χ2n) is 7.28. The van der Waals surface area contributed by atoms with Gasteiger partial charge in [0.15, 0.2) is 0 Å². The first-order valence-electron chi connectivity index (χ1n) is 9.32. The van der Waals surface area contributed by atoms with Crippen LogP contribution in [0, 0.1) is 0 Å². The molecular weight excluding hydrogens is 340 g/mol. The molecule has 1 aliphatic rings. The molecule has 0 unspecified atom stereocenters. The third kappa shape index (κ3) is 4.61. The summed E-state index contributed by atoms with van der Waals surface area (Å²) in [6, 6.07) is 14.1. The molecule has 3 rings (SSSR count). The van der Waals surface area contributed by atoms with E-state index in [1.165, 1.54) is 0 Å². The van der Waals surface area contributed by atoms with Gasteiger partial charge in [0.05, 0.1) is 7.11 Å². The number of ether oxygens (including phenoxy) is 2. The number of nitrogens with zero attached hydrogens (tertiary/aromatic N) is 1. The fraction of sp³-hybridized carbons (Fsp3) is 0.409. The number of rotatable bonds is 7.